The molecule has 0 aliphatic heterocycles. The average molecular weight is 241 g/mol. The predicted molar refractivity (Wildman–Crippen MR) is 51.8 cm³/mol. The van der Waals surface area contributed by atoms with Crippen LogP contribution in [0.25, 0.3) is 0 Å². The normalized spacial score (nSPS) is 11.8. The monoisotopic (exact) mass is 240 g/mol. The Morgan fingerprint density at radius 2 is 2.00 bits per heavy atom. The van der Waals surface area contributed by atoms with Crippen LogP contribution in [0.4, 0.5) is 8.78 Å². The third-order valence-electron chi connectivity index (χ3n) is 1.59. The van der Waals surface area contributed by atoms with Crippen molar-refractivity contribution in [2.24, 2.45) is 5.73 Å². The van der Waals surface area contributed by atoms with E-state index in [4.69, 9.17) is 28.9 Å². The molecule has 1 heterocycles. The fourth-order valence-electron chi connectivity index (χ4n) is 0.962. The maximum Gasteiger partial charge on any atom is 0.291 e. The van der Waals surface area contributed by atoms with Crippen LogP contribution in [0.5, 0.6) is 0 Å². The first kappa shape index (κ1) is 11.6. The van der Waals surface area contributed by atoms with Crippen LogP contribution in [0.15, 0.2) is 12.1 Å². The molecule has 2 nitrogen and oxygen atoms in total. The SMILES string of the molecule is NCCC(F)(F)c1cc(Cl)cc(Cl)n1. The smallest absolute Gasteiger partial charge is 0.291 e. The minimum Gasteiger partial charge on any atom is -0.330 e. The zero-order valence-corrected chi connectivity index (χ0v) is 8.62. The highest BCUT2D eigenvalue weighted by molar-refractivity contribution is 6.33. The van der Waals surface area contributed by atoms with E-state index < -0.39 is 18.0 Å². The molecule has 0 aliphatic rings. The molecule has 1 rings (SSSR count). The Hall–Kier alpha value is -0.450. The van der Waals surface area contributed by atoms with E-state index >= 15 is 0 Å². The van der Waals surface area contributed by atoms with Gasteiger partial charge in [0.2, 0.25) is 0 Å². The van der Waals surface area contributed by atoms with Crippen LogP contribution in [0.3, 0.4) is 0 Å². The quantitative estimate of drug-likeness (QED) is 0.826. The number of rotatable bonds is 3. The third-order valence-corrected chi connectivity index (χ3v) is 2.00. The van der Waals surface area contributed by atoms with Crippen LogP contribution < -0.4 is 5.73 Å². The van der Waals surface area contributed by atoms with Crippen molar-refractivity contribution in [2.45, 2.75) is 12.3 Å². The van der Waals surface area contributed by atoms with E-state index in [1.54, 1.807) is 0 Å². The van der Waals surface area contributed by atoms with Gasteiger partial charge >= 0.3 is 0 Å². The van der Waals surface area contributed by atoms with Crippen molar-refractivity contribution < 1.29 is 8.78 Å². The van der Waals surface area contributed by atoms with E-state index in [0.717, 1.165) is 6.07 Å². The Morgan fingerprint density at radius 1 is 1.36 bits per heavy atom. The molecule has 0 fully saturated rings. The predicted octanol–water partition coefficient (Wildman–Crippen LogP) is 2.83. The third kappa shape index (κ3) is 2.77. The number of pyridine rings is 1. The van der Waals surface area contributed by atoms with Crippen molar-refractivity contribution in [2.75, 3.05) is 6.54 Å². The van der Waals surface area contributed by atoms with Crippen LogP contribution in [0.1, 0.15) is 12.1 Å². The van der Waals surface area contributed by atoms with Gasteiger partial charge in [0.25, 0.3) is 5.92 Å². The number of hydrogen-bond acceptors (Lipinski definition) is 2. The number of aromatic nitrogens is 1. The van der Waals surface area contributed by atoms with E-state index in [0.29, 0.717) is 0 Å². The lowest BCUT2D eigenvalue weighted by Gasteiger charge is -2.14. The standard InChI is InChI=1S/C8H8Cl2F2N2/c9-5-3-6(14-7(10)4-5)8(11,12)1-2-13/h3-4H,1-2,13H2. The summed E-state index contributed by atoms with van der Waals surface area (Å²) in [5.74, 6) is -3.08. The summed E-state index contributed by atoms with van der Waals surface area (Å²) in [7, 11) is 0. The molecule has 78 valence electrons. The van der Waals surface area contributed by atoms with Crippen LogP contribution in [-0.2, 0) is 5.92 Å². The van der Waals surface area contributed by atoms with Crippen molar-refractivity contribution >= 4 is 23.2 Å². The van der Waals surface area contributed by atoms with Gasteiger partial charge in [-0.3, -0.25) is 0 Å². The summed E-state index contributed by atoms with van der Waals surface area (Å²) in [6.07, 6.45) is -0.476. The van der Waals surface area contributed by atoms with Crippen molar-refractivity contribution in [3.05, 3.63) is 28.0 Å². The Bertz CT molecular complexity index is 311. The van der Waals surface area contributed by atoms with Gasteiger partial charge in [-0.1, -0.05) is 23.2 Å². The first-order chi connectivity index (χ1) is 6.45. The van der Waals surface area contributed by atoms with Gasteiger partial charge in [-0.15, -0.1) is 0 Å². The molecular weight excluding hydrogens is 233 g/mol. The molecular formula is C8H8Cl2F2N2. The van der Waals surface area contributed by atoms with Crippen molar-refractivity contribution in [3.8, 4) is 0 Å². The highest BCUT2D eigenvalue weighted by Gasteiger charge is 2.32. The summed E-state index contributed by atoms with van der Waals surface area (Å²) < 4.78 is 26.5. The minimum atomic E-state index is -3.08. The molecule has 0 saturated carbocycles. The first-order valence-electron chi connectivity index (χ1n) is 3.87. The second-order valence-corrected chi connectivity index (χ2v) is 3.56. The summed E-state index contributed by atoms with van der Waals surface area (Å²) in [5, 5.41) is 0.0842. The van der Waals surface area contributed by atoms with Gasteiger partial charge in [0.05, 0.1) is 0 Å². The molecule has 0 spiro atoms. The number of alkyl halides is 2. The Balaban J connectivity index is 3.05. The number of hydrogen-bond donors (Lipinski definition) is 1. The molecule has 14 heavy (non-hydrogen) atoms. The van der Waals surface area contributed by atoms with E-state index in [1.165, 1.54) is 6.07 Å². The molecule has 0 bridgehead atoms. The molecule has 0 aliphatic carbocycles. The molecule has 0 unspecified atom stereocenters. The maximum absolute atomic E-state index is 13.3. The van der Waals surface area contributed by atoms with E-state index in [2.05, 4.69) is 4.98 Å². The van der Waals surface area contributed by atoms with Crippen LogP contribution in [0, 0.1) is 0 Å². The van der Waals surface area contributed by atoms with Gasteiger partial charge in [0.15, 0.2) is 0 Å². The Morgan fingerprint density at radius 3 is 2.50 bits per heavy atom. The van der Waals surface area contributed by atoms with Crippen molar-refractivity contribution in [3.63, 3.8) is 0 Å². The minimum absolute atomic E-state index is 0.0517. The first-order valence-corrected chi connectivity index (χ1v) is 4.63. The highest BCUT2D eigenvalue weighted by Crippen LogP contribution is 2.32. The van der Waals surface area contributed by atoms with Gasteiger partial charge in [-0.2, -0.15) is 8.78 Å². The molecule has 1 aromatic heterocycles. The Kier molecular flexibility index (Phi) is 3.64. The van der Waals surface area contributed by atoms with Crippen molar-refractivity contribution in [1.29, 1.82) is 0 Å². The topological polar surface area (TPSA) is 38.9 Å². The lowest BCUT2D eigenvalue weighted by molar-refractivity contribution is -0.0151. The fraction of sp³-hybridized carbons (Fsp3) is 0.375. The van der Waals surface area contributed by atoms with Crippen LogP contribution in [-0.4, -0.2) is 11.5 Å². The average Bonchev–Trinajstić information content (AvgIpc) is 2.02. The second kappa shape index (κ2) is 4.38. The lowest BCUT2D eigenvalue weighted by Crippen LogP contribution is -2.20. The maximum atomic E-state index is 13.3. The second-order valence-electron chi connectivity index (χ2n) is 2.74. The van der Waals surface area contributed by atoms with Gasteiger partial charge < -0.3 is 5.73 Å². The summed E-state index contributed by atoms with van der Waals surface area (Å²) in [6, 6.07) is 2.38. The molecule has 0 radical (unpaired) electrons. The molecule has 6 heteroatoms. The summed E-state index contributed by atoms with van der Waals surface area (Å²) in [6.45, 7) is -0.126. The van der Waals surface area contributed by atoms with Gasteiger partial charge in [-0.05, 0) is 18.7 Å². The molecule has 0 atom stereocenters. The summed E-state index contributed by atoms with van der Waals surface area (Å²) >= 11 is 11.1. The van der Waals surface area contributed by atoms with E-state index in [1.807, 2.05) is 0 Å². The van der Waals surface area contributed by atoms with E-state index in [-0.39, 0.29) is 16.7 Å². The highest BCUT2D eigenvalue weighted by atomic mass is 35.5. The zero-order chi connectivity index (χ0) is 10.8. The van der Waals surface area contributed by atoms with Crippen LogP contribution >= 0.6 is 23.2 Å². The largest absolute Gasteiger partial charge is 0.330 e. The van der Waals surface area contributed by atoms with E-state index in [9.17, 15) is 8.78 Å². The number of nitrogens with two attached hydrogens (primary N) is 1. The zero-order valence-electron chi connectivity index (χ0n) is 7.11. The summed E-state index contributed by atoms with van der Waals surface area (Å²) in [4.78, 5) is 3.50. The number of nitrogens with zero attached hydrogens (tertiary/aromatic N) is 1. The van der Waals surface area contributed by atoms with Gasteiger partial charge in [0.1, 0.15) is 10.8 Å². The van der Waals surface area contributed by atoms with Crippen LogP contribution in [0.2, 0.25) is 10.2 Å². The van der Waals surface area contributed by atoms with Gasteiger partial charge in [0, 0.05) is 11.4 Å². The Labute approximate surface area is 90.0 Å². The molecule has 0 saturated heterocycles. The molecule has 1 aromatic rings. The van der Waals surface area contributed by atoms with Crippen molar-refractivity contribution in [1.82, 2.24) is 4.98 Å². The molecule has 0 aromatic carbocycles. The molecule has 0 amide bonds. The molecule has 2 N–H and O–H groups in total. The van der Waals surface area contributed by atoms with Gasteiger partial charge in [-0.25, -0.2) is 4.98 Å². The number of halogens is 4. The fourth-order valence-corrected chi connectivity index (χ4v) is 1.43. The lowest BCUT2D eigenvalue weighted by atomic mass is 10.1. The summed E-state index contributed by atoms with van der Waals surface area (Å²) in [5.41, 5.74) is 4.61.